The van der Waals surface area contributed by atoms with Crippen LogP contribution in [0.1, 0.15) is 27.2 Å². The molecular weight excluding hydrogens is 154 g/mol. The van der Waals surface area contributed by atoms with E-state index in [1.807, 2.05) is 20.8 Å². The molecule has 0 aliphatic carbocycles. The second-order valence-electron chi connectivity index (χ2n) is 3.50. The maximum Gasteiger partial charge on any atom is 0.0611 e. The number of likely N-dealkylation sites (N-methyl/N-ethyl adjacent to an activating group) is 1. The van der Waals surface area contributed by atoms with Gasteiger partial charge < -0.3 is 15.2 Å². The second kappa shape index (κ2) is 5.51. The van der Waals surface area contributed by atoms with Crippen molar-refractivity contribution >= 4 is 0 Å². The van der Waals surface area contributed by atoms with Crippen molar-refractivity contribution in [3.63, 3.8) is 0 Å². The van der Waals surface area contributed by atoms with Crippen molar-refractivity contribution in [2.24, 2.45) is 0 Å². The average Bonchev–Trinajstić information content (AvgIpc) is 2.05. The van der Waals surface area contributed by atoms with Gasteiger partial charge in [0.25, 0.3) is 0 Å². The van der Waals surface area contributed by atoms with E-state index in [2.05, 4.69) is 5.32 Å². The van der Waals surface area contributed by atoms with Gasteiger partial charge in [-0.1, -0.05) is 6.92 Å². The molecule has 0 spiro atoms. The van der Waals surface area contributed by atoms with Crippen LogP contribution in [0.2, 0.25) is 0 Å². The minimum Gasteiger partial charge on any atom is -0.394 e. The molecule has 0 rings (SSSR count). The molecule has 0 amide bonds. The Morgan fingerprint density at radius 2 is 2.17 bits per heavy atom. The molecule has 2 unspecified atom stereocenters. The van der Waals surface area contributed by atoms with Crippen molar-refractivity contribution in [3.8, 4) is 0 Å². The summed E-state index contributed by atoms with van der Waals surface area (Å²) in [7, 11) is 1.69. The number of aliphatic hydroxyl groups excluding tert-OH is 1. The number of rotatable bonds is 6. The van der Waals surface area contributed by atoms with E-state index in [0.29, 0.717) is 0 Å². The molecule has 0 saturated carbocycles. The van der Waals surface area contributed by atoms with Gasteiger partial charge in [-0.2, -0.15) is 0 Å². The smallest absolute Gasteiger partial charge is 0.0611 e. The summed E-state index contributed by atoms with van der Waals surface area (Å²) in [5, 5.41) is 12.4. The third kappa shape index (κ3) is 4.04. The van der Waals surface area contributed by atoms with Crippen LogP contribution in [0.25, 0.3) is 0 Å². The molecule has 74 valence electrons. The lowest BCUT2D eigenvalue weighted by atomic mass is 9.96. The van der Waals surface area contributed by atoms with Gasteiger partial charge in [-0.15, -0.1) is 0 Å². The van der Waals surface area contributed by atoms with Gasteiger partial charge in [0.2, 0.25) is 0 Å². The normalized spacial score (nSPS) is 18.8. The molecule has 0 aromatic heterocycles. The largest absolute Gasteiger partial charge is 0.394 e. The van der Waals surface area contributed by atoms with Crippen LogP contribution >= 0.6 is 0 Å². The SMILES string of the molecule is CCNC(C)(CO)CC(C)OC. The average molecular weight is 175 g/mol. The van der Waals surface area contributed by atoms with Crippen molar-refractivity contribution < 1.29 is 9.84 Å². The van der Waals surface area contributed by atoms with Crippen molar-refractivity contribution in [2.45, 2.75) is 38.8 Å². The fourth-order valence-electron chi connectivity index (χ4n) is 1.34. The highest BCUT2D eigenvalue weighted by molar-refractivity contribution is 4.83. The number of nitrogens with one attached hydrogen (secondary N) is 1. The Morgan fingerprint density at radius 3 is 2.50 bits per heavy atom. The van der Waals surface area contributed by atoms with Gasteiger partial charge in [-0.25, -0.2) is 0 Å². The third-order valence-electron chi connectivity index (χ3n) is 2.09. The molecule has 0 bridgehead atoms. The van der Waals surface area contributed by atoms with Gasteiger partial charge in [0.15, 0.2) is 0 Å². The van der Waals surface area contributed by atoms with Crippen molar-refractivity contribution in [1.82, 2.24) is 5.32 Å². The van der Waals surface area contributed by atoms with Crippen LogP contribution in [0.15, 0.2) is 0 Å². The number of hydrogen-bond acceptors (Lipinski definition) is 3. The zero-order chi connectivity index (χ0) is 9.61. The molecule has 0 aromatic rings. The van der Waals surface area contributed by atoms with E-state index in [-0.39, 0.29) is 18.2 Å². The Morgan fingerprint density at radius 1 is 1.58 bits per heavy atom. The second-order valence-corrected chi connectivity index (χ2v) is 3.50. The molecule has 0 aliphatic heterocycles. The third-order valence-corrected chi connectivity index (χ3v) is 2.09. The monoisotopic (exact) mass is 175 g/mol. The van der Waals surface area contributed by atoms with E-state index in [4.69, 9.17) is 9.84 Å². The summed E-state index contributed by atoms with van der Waals surface area (Å²) >= 11 is 0. The molecule has 12 heavy (non-hydrogen) atoms. The predicted molar refractivity (Wildman–Crippen MR) is 50.3 cm³/mol. The standard InChI is InChI=1S/C9H21NO2/c1-5-10-9(3,7-11)6-8(2)12-4/h8,10-11H,5-7H2,1-4H3. The molecule has 0 aromatic carbocycles. The van der Waals surface area contributed by atoms with Gasteiger partial charge in [-0.3, -0.25) is 0 Å². The lowest BCUT2D eigenvalue weighted by molar-refractivity contribution is 0.0622. The summed E-state index contributed by atoms with van der Waals surface area (Å²) in [6.45, 7) is 7.06. The fourth-order valence-corrected chi connectivity index (χ4v) is 1.34. The summed E-state index contributed by atoms with van der Waals surface area (Å²) < 4.78 is 5.14. The van der Waals surface area contributed by atoms with Crippen LogP contribution in [0.3, 0.4) is 0 Å². The Balaban J connectivity index is 3.94. The van der Waals surface area contributed by atoms with Crippen LogP contribution in [-0.4, -0.2) is 37.0 Å². The highest BCUT2D eigenvalue weighted by Gasteiger charge is 2.24. The highest BCUT2D eigenvalue weighted by Crippen LogP contribution is 2.12. The summed E-state index contributed by atoms with van der Waals surface area (Å²) in [5.74, 6) is 0. The van der Waals surface area contributed by atoms with E-state index in [9.17, 15) is 0 Å². The molecule has 0 aliphatic rings. The number of ether oxygens (including phenoxy) is 1. The van der Waals surface area contributed by atoms with Crippen molar-refractivity contribution in [2.75, 3.05) is 20.3 Å². The first-order valence-electron chi connectivity index (χ1n) is 4.46. The lowest BCUT2D eigenvalue weighted by Crippen LogP contribution is -2.47. The van der Waals surface area contributed by atoms with Crippen LogP contribution in [0, 0.1) is 0 Å². The zero-order valence-corrected chi connectivity index (χ0v) is 8.55. The van der Waals surface area contributed by atoms with Crippen LogP contribution in [0.4, 0.5) is 0 Å². The summed E-state index contributed by atoms with van der Waals surface area (Å²) in [6, 6.07) is 0. The maximum absolute atomic E-state index is 9.14. The molecule has 0 fully saturated rings. The number of methoxy groups -OCH3 is 1. The molecular formula is C9H21NO2. The van der Waals surface area contributed by atoms with Crippen LogP contribution in [0.5, 0.6) is 0 Å². The topological polar surface area (TPSA) is 41.5 Å². The molecule has 0 saturated heterocycles. The van der Waals surface area contributed by atoms with Crippen molar-refractivity contribution in [3.05, 3.63) is 0 Å². The van der Waals surface area contributed by atoms with Crippen LogP contribution < -0.4 is 5.32 Å². The lowest BCUT2D eigenvalue weighted by Gasteiger charge is -2.30. The highest BCUT2D eigenvalue weighted by atomic mass is 16.5. The Hall–Kier alpha value is -0.120. The predicted octanol–water partition coefficient (Wildman–Crippen LogP) is 0.772. The van der Waals surface area contributed by atoms with Crippen LogP contribution in [-0.2, 0) is 4.74 Å². The zero-order valence-electron chi connectivity index (χ0n) is 8.55. The molecule has 2 N–H and O–H groups in total. The van der Waals surface area contributed by atoms with Gasteiger partial charge >= 0.3 is 0 Å². The van der Waals surface area contributed by atoms with E-state index in [1.165, 1.54) is 0 Å². The molecule has 3 nitrogen and oxygen atoms in total. The molecule has 2 atom stereocenters. The van der Waals surface area contributed by atoms with E-state index in [0.717, 1.165) is 13.0 Å². The van der Waals surface area contributed by atoms with Gasteiger partial charge in [0.1, 0.15) is 0 Å². The quantitative estimate of drug-likeness (QED) is 0.626. The minimum atomic E-state index is -0.204. The summed E-state index contributed by atoms with van der Waals surface area (Å²) in [6.07, 6.45) is 1.01. The Labute approximate surface area is 75.1 Å². The molecule has 0 radical (unpaired) electrons. The van der Waals surface area contributed by atoms with Gasteiger partial charge in [0, 0.05) is 12.6 Å². The number of hydrogen-bond donors (Lipinski definition) is 2. The van der Waals surface area contributed by atoms with E-state index in [1.54, 1.807) is 7.11 Å². The van der Waals surface area contributed by atoms with Gasteiger partial charge in [0.05, 0.1) is 12.7 Å². The Bertz CT molecular complexity index is 119. The van der Waals surface area contributed by atoms with Gasteiger partial charge in [-0.05, 0) is 26.8 Å². The summed E-state index contributed by atoms with van der Waals surface area (Å²) in [4.78, 5) is 0. The van der Waals surface area contributed by atoms with E-state index >= 15 is 0 Å². The summed E-state index contributed by atoms with van der Waals surface area (Å²) in [5.41, 5.74) is -0.204. The number of aliphatic hydroxyl groups is 1. The molecule has 3 heteroatoms. The first-order valence-corrected chi connectivity index (χ1v) is 4.46. The maximum atomic E-state index is 9.14. The molecule has 0 heterocycles. The fraction of sp³-hybridized carbons (Fsp3) is 1.00. The first-order chi connectivity index (χ1) is 5.58. The van der Waals surface area contributed by atoms with Crippen molar-refractivity contribution in [1.29, 1.82) is 0 Å². The first kappa shape index (κ1) is 11.9. The van der Waals surface area contributed by atoms with E-state index < -0.39 is 0 Å². The Kier molecular flexibility index (Phi) is 5.46. The minimum absolute atomic E-state index is 0.147.